The van der Waals surface area contributed by atoms with Gasteiger partial charge in [-0.1, -0.05) is 231 Å². The number of carbonyl (C=O) groups is 3. The summed E-state index contributed by atoms with van der Waals surface area (Å²) in [6.07, 6.45) is 51.1. The van der Waals surface area contributed by atoms with E-state index in [1.54, 1.807) is 0 Å². The molecule has 0 spiro atoms. The average Bonchev–Trinajstić information content (AvgIpc) is 3.27. The number of carboxylic acid groups (broad SMARTS) is 1. The molecule has 9 nitrogen and oxygen atoms in total. The van der Waals surface area contributed by atoms with Gasteiger partial charge in [0.05, 0.1) is 40.3 Å². The lowest BCUT2D eigenvalue weighted by molar-refractivity contribution is -0.870. The summed E-state index contributed by atoms with van der Waals surface area (Å²) < 4.78 is 22.7. The minimum Gasteiger partial charge on any atom is -0.545 e. The van der Waals surface area contributed by atoms with Crippen LogP contribution in [0, 0.1) is 0 Å². The van der Waals surface area contributed by atoms with E-state index in [4.69, 9.17) is 18.9 Å². The highest BCUT2D eigenvalue weighted by Gasteiger charge is 2.22. The topological polar surface area (TPSA) is 111 Å². The molecular weight excluding hydrogens is 815 g/mol. The number of ether oxygens (including phenoxy) is 4. The molecule has 0 amide bonds. The van der Waals surface area contributed by atoms with Gasteiger partial charge >= 0.3 is 11.9 Å². The van der Waals surface area contributed by atoms with Gasteiger partial charge in [0.2, 0.25) is 0 Å². The van der Waals surface area contributed by atoms with Gasteiger partial charge in [-0.2, -0.15) is 0 Å². The van der Waals surface area contributed by atoms with Crippen molar-refractivity contribution in [2.45, 2.75) is 283 Å². The predicted molar refractivity (Wildman–Crippen MR) is 270 cm³/mol. The van der Waals surface area contributed by atoms with Gasteiger partial charge in [0.15, 0.2) is 12.4 Å². The van der Waals surface area contributed by atoms with E-state index in [1.807, 2.05) is 21.1 Å². The van der Waals surface area contributed by atoms with Crippen LogP contribution in [0.3, 0.4) is 0 Å². The van der Waals surface area contributed by atoms with Crippen molar-refractivity contribution >= 4 is 17.9 Å². The van der Waals surface area contributed by atoms with Crippen molar-refractivity contribution in [3.8, 4) is 0 Å². The van der Waals surface area contributed by atoms with Crippen LogP contribution in [0.5, 0.6) is 0 Å². The van der Waals surface area contributed by atoms with Crippen LogP contribution in [0.2, 0.25) is 0 Å². The first-order chi connectivity index (χ1) is 31.6. The van der Waals surface area contributed by atoms with E-state index in [-0.39, 0.29) is 32.2 Å². The minimum atomic E-state index is -1.62. The van der Waals surface area contributed by atoms with Gasteiger partial charge in [0.25, 0.3) is 0 Å². The number of quaternary nitrogens is 1. The number of esters is 2. The lowest BCUT2D eigenvalue weighted by Crippen LogP contribution is -2.44. The highest BCUT2D eigenvalue weighted by Crippen LogP contribution is 2.17. The summed E-state index contributed by atoms with van der Waals surface area (Å²) in [5, 5.41) is 11.7. The number of allylic oxidation sites excluding steroid dienone is 2. The molecule has 0 rings (SSSR count). The Bertz CT molecular complexity index is 1070. The Morgan fingerprint density at radius 2 is 0.785 bits per heavy atom. The third kappa shape index (κ3) is 49.8. The smallest absolute Gasteiger partial charge is 0.306 e. The zero-order valence-corrected chi connectivity index (χ0v) is 43.6. The van der Waals surface area contributed by atoms with Crippen molar-refractivity contribution in [3.05, 3.63) is 12.2 Å². The Kier molecular flexibility index (Phi) is 47.0. The number of hydrogen-bond donors (Lipinski definition) is 0. The molecular formula is C56H107NO8. The molecule has 0 saturated carbocycles. The maximum absolute atomic E-state index is 12.8. The van der Waals surface area contributed by atoms with Crippen LogP contribution in [0.15, 0.2) is 12.2 Å². The van der Waals surface area contributed by atoms with E-state index in [0.717, 1.165) is 38.5 Å². The Balaban J connectivity index is 4.20. The summed E-state index contributed by atoms with van der Waals surface area (Å²) in [7, 11) is 5.93. The Morgan fingerprint density at radius 1 is 0.446 bits per heavy atom. The molecule has 0 fully saturated rings. The molecule has 2 atom stereocenters. The van der Waals surface area contributed by atoms with Gasteiger partial charge in [-0.3, -0.25) is 9.59 Å². The fourth-order valence-electron chi connectivity index (χ4n) is 8.18. The van der Waals surface area contributed by atoms with Crippen LogP contribution >= 0.6 is 0 Å². The molecule has 0 aliphatic carbocycles. The maximum atomic E-state index is 12.8. The highest BCUT2D eigenvalue weighted by atomic mass is 16.7. The van der Waals surface area contributed by atoms with Gasteiger partial charge in [-0.15, -0.1) is 0 Å². The third-order valence-corrected chi connectivity index (χ3v) is 12.5. The predicted octanol–water partition coefficient (Wildman–Crippen LogP) is 14.5. The fourth-order valence-corrected chi connectivity index (χ4v) is 8.18. The molecule has 0 aromatic heterocycles. The molecule has 9 heteroatoms. The van der Waals surface area contributed by atoms with Crippen molar-refractivity contribution < 1.29 is 42.9 Å². The Hall–Kier alpha value is -1.97. The van der Waals surface area contributed by atoms with E-state index in [2.05, 4.69) is 26.0 Å². The van der Waals surface area contributed by atoms with Crippen LogP contribution in [-0.2, 0) is 33.3 Å². The summed E-state index contributed by atoms with van der Waals surface area (Å²) in [6, 6.07) is 0. The quantitative estimate of drug-likeness (QED) is 0.0195. The van der Waals surface area contributed by atoms with E-state index in [9.17, 15) is 19.5 Å². The molecule has 65 heavy (non-hydrogen) atoms. The second-order valence-electron chi connectivity index (χ2n) is 20.2. The largest absolute Gasteiger partial charge is 0.545 e. The normalized spacial score (nSPS) is 12.8. The number of rotatable bonds is 52. The summed E-state index contributed by atoms with van der Waals surface area (Å²) in [6.45, 7) is 4.79. The molecule has 0 aromatic carbocycles. The maximum Gasteiger partial charge on any atom is 0.306 e. The number of carbonyl (C=O) groups excluding carboxylic acids is 3. The van der Waals surface area contributed by atoms with Gasteiger partial charge in [-0.25, -0.2) is 0 Å². The molecule has 0 aliphatic rings. The number of carboxylic acids is 1. The Labute approximate surface area is 402 Å². The zero-order valence-electron chi connectivity index (χ0n) is 43.6. The van der Waals surface area contributed by atoms with E-state index in [1.165, 1.54) is 205 Å². The van der Waals surface area contributed by atoms with Gasteiger partial charge in [0, 0.05) is 12.8 Å². The first-order valence-corrected chi connectivity index (χ1v) is 27.8. The third-order valence-electron chi connectivity index (χ3n) is 12.5. The summed E-state index contributed by atoms with van der Waals surface area (Å²) in [5.41, 5.74) is 0. The first kappa shape index (κ1) is 63.0. The van der Waals surface area contributed by atoms with Crippen LogP contribution in [0.4, 0.5) is 0 Å². The minimum absolute atomic E-state index is 0.152. The highest BCUT2D eigenvalue weighted by molar-refractivity contribution is 5.70. The SMILES string of the molecule is CCCCCCCCCC/C=C\CCCCCCCCCCCCCCCC(=O)OC(COC(=O)CCCCCCCCCCCCCCCCC)COC(OCC[N+](C)(C)C)C(=O)[O-]. The van der Waals surface area contributed by atoms with Crippen molar-refractivity contribution in [1.29, 1.82) is 0 Å². The second-order valence-corrected chi connectivity index (χ2v) is 20.2. The number of unbranched alkanes of at least 4 members (excludes halogenated alkanes) is 35. The number of nitrogens with zero attached hydrogens (tertiary/aromatic N) is 1. The summed E-state index contributed by atoms with van der Waals surface area (Å²) in [4.78, 5) is 37.2. The molecule has 0 radical (unpaired) electrons. The molecule has 0 saturated heterocycles. The van der Waals surface area contributed by atoms with E-state index >= 15 is 0 Å². The van der Waals surface area contributed by atoms with Crippen molar-refractivity contribution in [2.75, 3.05) is 47.5 Å². The van der Waals surface area contributed by atoms with E-state index in [0.29, 0.717) is 17.4 Å². The molecule has 2 unspecified atom stereocenters. The molecule has 0 N–H and O–H groups in total. The zero-order chi connectivity index (χ0) is 47.7. The average molecular weight is 922 g/mol. The monoisotopic (exact) mass is 922 g/mol. The van der Waals surface area contributed by atoms with Crippen LogP contribution in [0.25, 0.3) is 0 Å². The van der Waals surface area contributed by atoms with Gasteiger partial charge in [-0.05, 0) is 38.5 Å². The number of likely N-dealkylation sites (N-methyl/N-ethyl adjacent to an activating group) is 1. The molecule has 0 heterocycles. The Morgan fingerprint density at radius 3 is 1.14 bits per heavy atom. The first-order valence-electron chi connectivity index (χ1n) is 27.8. The van der Waals surface area contributed by atoms with Crippen molar-refractivity contribution in [3.63, 3.8) is 0 Å². The van der Waals surface area contributed by atoms with Crippen LogP contribution < -0.4 is 5.11 Å². The standard InChI is InChI=1S/C56H107NO8/c1-6-8-10-12-14-16-18-20-22-23-24-25-26-27-28-29-30-31-33-35-37-39-41-43-45-47-54(59)65-52(51-64-56(55(60)61)62-49-48-57(3,4)5)50-63-53(58)46-44-42-40-38-36-34-32-21-19-17-15-13-11-9-7-2/h23-24,52,56H,6-22,25-51H2,1-5H3/b24-23-. The van der Waals surface area contributed by atoms with Crippen LogP contribution in [-0.4, -0.2) is 82.3 Å². The van der Waals surface area contributed by atoms with Gasteiger partial charge in [0.1, 0.15) is 13.2 Å². The number of hydrogen-bond acceptors (Lipinski definition) is 8. The number of aliphatic carboxylic acids is 1. The lowest BCUT2D eigenvalue weighted by atomic mass is 10.0. The van der Waals surface area contributed by atoms with Crippen LogP contribution in [0.1, 0.15) is 271 Å². The summed E-state index contributed by atoms with van der Waals surface area (Å²) >= 11 is 0. The van der Waals surface area contributed by atoms with Crippen molar-refractivity contribution in [2.24, 2.45) is 0 Å². The fraction of sp³-hybridized carbons (Fsp3) is 0.911. The van der Waals surface area contributed by atoms with Crippen molar-refractivity contribution in [1.82, 2.24) is 0 Å². The molecule has 0 aliphatic heterocycles. The van der Waals surface area contributed by atoms with Gasteiger partial charge < -0.3 is 33.3 Å². The van der Waals surface area contributed by atoms with E-state index < -0.39 is 24.3 Å². The molecule has 0 aromatic rings. The molecule has 384 valence electrons. The molecule has 0 bridgehead atoms. The summed E-state index contributed by atoms with van der Waals surface area (Å²) in [5.74, 6) is -2.26. The second kappa shape index (κ2) is 48.5. The lowest BCUT2D eigenvalue weighted by Gasteiger charge is -2.26.